The van der Waals surface area contributed by atoms with Gasteiger partial charge >= 0.3 is 0 Å². The van der Waals surface area contributed by atoms with Gasteiger partial charge in [-0.2, -0.15) is 0 Å². The number of hydrogen-bond acceptors (Lipinski definition) is 4. The van der Waals surface area contributed by atoms with Gasteiger partial charge in [0.15, 0.2) is 0 Å². The van der Waals surface area contributed by atoms with Crippen molar-refractivity contribution in [1.82, 2.24) is 15.1 Å². The molecule has 0 saturated carbocycles. The van der Waals surface area contributed by atoms with Crippen molar-refractivity contribution in [3.63, 3.8) is 0 Å². The summed E-state index contributed by atoms with van der Waals surface area (Å²) in [5.41, 5.74) is 0. The van der Waals surface area contributed by atoms with E-state index in [4.69, 9.17) is 4.74 Å². The molecule has 19 heavy (non-hydrogen) atoms. The van der Waals surface area contributed by atoms with E-state index < -0.39 is 0 Å². The summed E-state index contributed by atoms with van der Waals surface area (Å²) < 4.78 is 5.53. The third-order valence-corrected chi connectivity index (χ3v) is 4.00. The van der Waals surface area contributed by atoms with E-state index in [1.165, 1.54) is 45.4 Å². The van der Waals surface area contributed by atoms with E-state index in [-0.39, 0.29) is 0 Å². The first-order valence-corrected chi connectivity index (χ1v) is 7.99. The highest BCUT2D eigenvalue weighted by Gasteiger charge is 2.21. The quantitative estimate of drug-likeness (QED) is 0.608. The number of piperazine rings is 1. The lowest BCUT2D eigenvalue weighted by Gasteiger charge is -2.39. The van der Waals surface area contributed by atoms with E-state index in [0.717, 1.165) is 32.3 Å². The van der Waals surface area contributed by atoms with Crippen LogP contribution in [0.25, 0.3) is 0 Å². The van der Waals surface area contributed by atoms with Crippen LogP contribution in [-0.4, -0.2) is 75.4 Å². The van der Waals surface area contributed by atoms with Gasteiger partial charge in [-0.1, -0.05) is 20.3 Å². The van der Waals surface area contributed by atoms with Crippen molar-refractivity contribution in [2.45, 2.75) is 39.2 Å². The van der Waals surface area contributed by atoms with Gasteiger partial charge in [0.2, 0.25) is 0 Å². The average molecular weight is 271 g/mol. The number of rotatable bonds is 10. The summed E-state index contributed by atoms with van der Waals surface area (Å²) >= 11 is 0. The second-order valence-electron chi connectivity index (χ2n) is 5.56. The van der Waals surface area contributed by atoms with Crippen LogP contribution in [0.3, 0.4) is 0 Å². The van der Waals surface area contributed by atoms with Gasteiger partial charge in [0, 0.05) is 51.9 Å². The van der Waals surface area contributed by atoms with Crippen LogP contribution in [0.5, 0.6) is 0 Å². The molecule has 1 aliphatic rings. The SMILES string of the molecule is CCCCOCCNCCN1CCN(C)C(CC)C1. The highest BCUT2D eigenvalue weighted by atomic mass is 16.5. The Kier molecular flexibility index (Phi) is 9.43. The Morgan fingerprint density at radius 3 is 2.74 bits per heavy atom. The fourth-order valence-corrected chi connectivity index (χ4v) is 2.51. The predicted molar refractivity (Wildman–Crippen MR) is 81.7 cm³/mol. The molecule has 1 unspecified atom stereocenters. The third kappa shape index (κ3) is 7.25. The molecule has 0 aromatic rings. The molecule has 114 valence electrons. The van der Waals surface area contributed by atoms with E-state index in [1.807, 2.05) is 0 Å². The Hall–Kier alpha value is -0.160. The molecule has 1 aliphatic heterocycles. The Morgan fingerprint density at radius 2 is 2.00 bits per heavy atom. The van der Waals surface area contributed by atoms with Crippen LogP contribution in [0.1, 0.15) is 33.1 Å². The van der Waals surface area contributed by atoms with Crippen molar-refractivity contribution in [1.29, 1.82) is 0 Å². The normalized spacial score (nSPS) is 21.9. The Bertz CT molecular complexity index is 214. The number of ether oxygens (including phenoxy) is 1. The van der Waals surface area contributed by atoms with Gasteiger partial charge in [-0.25, -0.2) is 0 Å². The van der Waals surface area contributed by atoms with Gasteiger partial charge in [0.25, 0.3) is 0 Å². The molecule has 0 aromatic heterocycles. The summed E-state index contributed by atoms with van der Waals surface area (Å²) in [6.07, 6.45) is 3.65. The van der Waals surface area contributed by atoms with Gasteiger partial charge in [-0.15, -0.1) is 0 Å². The van der Waals surface area contributed by atoms with Crippen LogP contribution in [0.4, 0.5) is 0 Å². The zero-order chi connectivity index (χ0) is 13.9. The first-order valence-electron chi connectivity index (χ1n) is 7.99. The van der Waals surface area contributed by atoms with E-state index in [9.17, 15) is 0 Å². The van der Waals surface area contributed by atoms with Crippen molar-refractivity contribution in [3.8, 4) is 0 Å². The number of likely N-dealkylation sites (N-methyl/N-ethyl adjacent to an activating group) is 1. The summed E-state index contributed by atoms with van der Waals surface area (Å²) in [6, 6.07) is 0.742. The van der Waals surface area contributed by atoms with Crippen LogP contribution in [0.15, 0.2) is 0 Å². The lowest BCUT2D eigenvalue weighted by molar-refractivity contribution is 0.0924. The largest absolute Gasteiger partial charge is 0.380 e. The third-order valence-electron chi connectivity index (χ3n) is 4.00. The van der Waals surface area contributed by atoms with Crippen molar-refractivity contribution in [2.75, 3.05) is 59.5 Å². The number of unbranched alkanes of at least 4 members (excludes halogenated alkanes) is 1. The Morgan fingerprint density at radius 1 is 1.16 bits per heavy atom. The van der Waals surface area contributed by atoms with Gasteiger partial charge in [-0.05, 0) is 19.9 Å². The lowest BCUT2D eigenvalue weighted by Crippen LogP contribution is -2.52. The second-order valence-corrected chi connectivity index (χ2v) is 5.56. The molecule has 4 heteroatoms. The van der Waals surface area contributed by atoms with E-state index in [2.05, 4.69) is 36.0 Å². The molecule has 1 heterocycles. The number of nitrogens with zero attached hydrogens (tertiary/aromatic N) is 2. The molecule has 0 aromatic carbocycles. The molecule has 1 rings (SSSR count). The maximum atomic E-state index is 5.53. The Balaban J connectivity index is 1.95. The standard InChI is InChI=1S/C15H33N3O/c1-4-6-12-19-13-8-16-7-9-18-11-10-17(3)15(5-2)14-18/h15-16H,4-14H2,1-3H3. The van der Waals surface area contributed by atoms with Crippen molar-refractivity contribution in [2.24, 2.45) is 0 Å². The minimum atomic E-state index is 0.742. The highest BCUT2D eigenvalue weighted by molar-refractivity contribution is 4.79. The molecule has 0 spiro atoms. The summed E-state index contributed by atoms with van der Waals surface area (Å²) in [6.45, 7) is 13.1. The van der Waals surface area contributed by atoms with Crippen LogP contribution < -0.4 is 5.32 Å². The maximum absolute atomic E-state index is 5.53. The minimum Gasteiger partial charge on any atom is -0.380 e. The second kappa shape index (κ2) is 10.6. The number of hydrogen-bond donors (Lipinski definition) is 1. The highest BCUT2D eigenvalue weighted by Crippen LogP contribution is 2.09. The van der Waals surface area contributed by atoms with Crippen molar-refractivity contribution in [3.05, 3.63) is 0 Å². The fourth-order valence-electron chi connectivity index (χ4n) is 2.51. The molecule has 1 atom stereocenters. The molecule has 0 bridgehead atoms. The van der Waals surface area contributed by atoms with Gasteiger partial charge in [0.05, 0.1) is 6.61 Å². The smallest absolute Gasteiger partial charge is 0.0590 e. The summed E-state index contributed by atoms with van der Waals surface area (Å²) in [7, 11) is 2.25. The summed E-state index contributed by atoms with van der Waals surface area (Å²) in [4.78, 5) is 5.07. The van der Waals surface area contributed by atoms with Crippen LogP contribution >= 0.6 is 0 Å². The zero-order valence-corrected chi connectivity index (χ0v) is 13.2. The van der Waals surface area contributed by atoms with E-state index in [1.54, 1.807) is 0 Å². The lowest BCUT2D eigenvalue weighted by atomic mass is 10.1. The van der Waals surface area contributed by atoms with Crippen LogP contribution in [0, 0.1) is 0 Å². The number of nitrogens with one attached hydrogen (secondary N) is 1. The van der Waals surface area contributed by atoms with Crippen LogP contribution in [0.2, 0.25) is 0 Å². The topological polar surface area (TPSA) is 27.7 Å². The Labute approximate surface area is 119 Å². The van der Waals surface area contributed by atoms with Crippen molar-refractivity contribution >= 4 is 0 Å². The first-order chi connectivity index (χ1) is 9.27. The molecule has 1 saturated heterocycles. The summed E-state index contributed by atoms with van der Waals surface area (Å²) in [5.74, 6) is 0. The van der Waals surface area contributed by atoms with Crippen molar-refractivity contribution < 1.29 is 4.74 Å². The van der Waals surface area contributed by atoms with E-state index >= 15 is 0 Å². The average Bonchev–Trinajstić information content (AvgIpc) is 2.43. The molecule has 4 nitrogen and oxygen atoms in total. The minimum absolute atomic E-state index is 0.742. The van der Waals surface area contributed by atoms with Crippen LogP contribution in [-0.2, 0) is 4.74 Å². The molecule has 0 amide bonds. The fraction of sp³-hybridized carbons (Fsp3) is 1.00. The maximum Gasteiger partial charge on any atom is 0.0590 e. The van der Waals surface area contributed by atoms with Gasteiger partial charge in [0.1, 0.15) is 0 Å². The molecule has 0 radical (unpaired) electrons. The molecular weight excluding hydrogens is 238 g/mol. The zero-order valence-electron chi connectivity index (χ0n) is 13.2. The van der Waals surface area contributed by atoms with Gasteiger partial charge in [-0.3, -0.25) is 4.90 Å². The van der Waals surface area contributed by atoms with Gasteiger partial charge < -0.3 is 15.0 Å². The monoisotopic (exact) mass is 271 g/mol. The first kappa shape index (κ1) is 16.9. The molecule has 1 N–H and O–H groups in total. The molecule has 0 aliphatic carbocycles. The molecule has 1 fully saturated rings. The van der Waals surface area contributed by atoms with E-state index in [0.29, 0.717) is 0 Å². The predicted octanol–water partition coefficient (Wildman–Crippen LogP) is 1.42. The molecular formula is C15H33N3O. The summed E-state index contributed by atoms with van der Waals surface area (Å²) in [5, 5.41) is 3.47.